The minimum absolute atomic E-state index is 0. The summed E-state index contributed by atoms with van der Waals surface area (Å²) in [6.07, 6.45) is 0. The van der Waals surface area contributed by atoms with Crippen LogP contribution >= 0.6 is 0 Å². The van der Waals surface area contributed by atoms with E-state index in [2.05, 4.69) is 0 Å². The molecule has 0 saturated heterocycles. The predicted octanol–water partition coefficient (Wildman–Crippen LogP) is 3.96. The van der Waals surface area contributed by atoms with Gasteiger partial charge in [-0.1, -0.05) is 27.7 Å². The molecule has 0 amide bonds. The van der Waals surface area contributed by atoms with Crippen molar-refractivity contribution in [2.75, 3.05) is 0 Å². The zero-order valence-corrected chi connectivity index (χ0v) is 23.7. The Morgan fingerprint density at radius 3 is 1.41 bits per heavy atom. The van der Waals surface area contributed by atoms with Crippen LogP contribution in [0.5, 0.6) is 0 Å². The fourth-order valence-electron chi connectivity index (χ4n) is 1.82. The number of hydrogen-bond donors (Lipinski definition) is 1. The van der Waals surface area contributed by atoms with Gasteiger partial charge in [-0.2, -0.15) is 8.42 Å². The largest absolute Gasteiger partial charge is 2.00 e. The van der Waals surface area contributed by atoms with Crippen LogP contribution in [0.15, 0.2) is 23.1 Å². The van der Waals surface area contributed by atoms with E-state index in [4.69, 9.17) is 9.47 Å². The summed E-state index contributed by atoms with van der Waals surface area (Å²) in [6.45, 7) is 14.4. The molecule has 0 radical (unpaired) electrons. The minimum Gasteiger partial charge on any atom is -1.00 e. The van der Waals surface area contributed by atoms with E-state index in [1.54, 1.807) is 27.7 Å². The summed E-state index contributed by atoms with van der Waals surface area (Å²) in [7, 11) is -4.65. The number of hydrogen-bond acceptors (Lipinski definition) is 6. The number of benzene rings is 1. The minimum atomic E-state index is -4.65. The molecule has 0 heterocycles. The van der Waals surface area contributed by atoms with E-state index in [-0.39, 0.29) is 74.7 Å². The molecule has 7 nitrogen and oxygen atoms in total. The van der Waals surface area contributed by atoms with E-state index in [0.29, 0.717) is 0 Å². The standard InChI is InChI=1S/C20H30O7S.Ba.2H/c1-12(2)19(5,6)26-17(21)14-9-15(11-16(10-14)28(23,24)25)18(22)27-20(7,8)13(3)4;;;/h9-13H,1-8H3,(H,23,24,25);;;/q;+2;2*-1. The van der Waals surface area contributed by atoms with Crippen molar-refractivity contribution >= 4 is 70.9 Å². The average Bonchev–Trinajstić information content (AvgIpc) is 2.52. The van der Waals surface area contributed by atoms with Crippen LogP contribution in [0.2, 0.25) is 0 Å². The molecule has 0 fully saturated rings. The molecule has 1 aromatic carbocycles. The van der Waals surface area contributed by atoms with Gasteiger partial charge >= 0.3 is 60.8 Å². The van der Waals surface area contributed by atoms with Crippen LogP contribution in [0.1, 0.15) is 79.0 Å². The molecular formula is C20H32BaO7S. The van der Waals surface area contributed by atoms with E-state index in [0.717, 1.165) is 12.1 Å². The van der Waals surface area contributed by atoms with Crippen molar-refractivity contribution in [3.63, 3.8) is 0 Å². The zero-order chi connectivity index (χ0) is 22.1. The molecule has 9 heteroatoms. The maximum Gasteiger partial charge on any atom is 2.00 e. The third-order valence-electron chi connectivity index (χ3n) is 5.17. The van der Waals surface area contributed by atoms with Crippen LogP contribution in [-0.4, -0.2) is 85.0 Å². The molecular weight excluding hydrogens is 522 g/mol. The van der Waals surface area contributed by atoms with Gasteiger partial charge < -0.3 is 12.3 Å². The van der Waals surface area contributed by atoms with Crippen molar-refractivity contribution in [2.24, 2.45) is 11.8 Å². The molecule has 0 unspecified atom stereocenters. The Kier molecular flexibility index (Phi) is 10.2. The molecule has 0 saturated carbocycles. The van der Waals surface area contributed by atoms with Crippen molar-refractivity contribution in [2.45, 2.75) is 71.5 Å². The molecule has 0 bridgehead atoms. The molecule has 0 spiro atoms. The summed E-state index contributed by atoms with van der Waals surface area (Å²) in [6, 6.07) is 3.14. The summed E-state index contributed by atoms with van der Waals surface area (Å²) in [5.41, 5.74) is -1.96. The molecule has 1 N–H and O–H groups in total. The Labute approximate surface area is 216 Å². The summed E-state index contributed by atoms with van der Waals surface area (Å²) in [5.74, 6) is -1.61. The Balaban J connectivity index is -0.00000261. The van der Waals surface area contributed by atoms with Crippen molar-refractivity contribution in [3.05, 3.63) is 29.3 Å². The van der Waals surface area contributed by atoms with Crippen LogP contribution in [0, 0.1) is 11.8 Å². The van der Waals surface area contributed by atoms with Gasteiger partial charge in [0.15, 0.2) is 0 Å². The SMILES string of the molecule is CC(C)C(C)(C)OC(=O)c1cc(C(=O)OC(C)(C)C(C)C)cc(S(=O)(=O)O)c1.[Ba+2].[H-].[H-]. The van der Waals surface area contributed by atoms with Crippen LogP contribution in [-0.2, 0) is 19.6 Å². The van der Waals surface area contributed by atoms with Gasteiger partial charge in [-0.15, -0.1) is 0 Å². The van der Waals surface area contributed by atoms with Gasteiger partial charge in [-0.3, -0.25) is 4.55 Å². The van der Waals surface area contributed by atoms with Gasteiger partial charge in [-0.05, 0) is 57.7 Å². The summed E-state index contributed by atoms with van der Waals surface area (Å²) < 4.78 is 43.6. The third-order valence-corrected chi connectivity index (χ3v) is 6.00. The molecule has 1 rings (SSSR count). The van der Waals surface area contributed by atoms with E-state index < -0.39 is 38.2 Å². The fourth-order valence-corrected chi connectivity index (χ4v) is 2.37. The van der Waals surface area contributed by atoms with Crippen LogP contribution < -0.4 is 0 Å². The first-order valence-corrected chi connectivity index (χ1v) is 10.5. The molecule has 0 aliphatic rings. The summed E-state index contributed by atoms with van der Waals surface area (Å²) >= 11 is 0. The summed E-state index contributed by atoms with van der Waals surface area (Å²) in [4.78, 5) is 24.5. The normalized spacial score (nSPS) is 12.5. The van der Waals surface area contributed by atoms with Crippen molar-refractivity contribution in [3.8, 4) is 0 Å². The Morgan fingerprint density at radius 1 is 0.862 bits per heavy atom. The number of carbonyl (C=O) groups is 2. The number of ether oxygens (including phenoxy) is 2. The number of esters is 2. The molecule has 29 heavy (non-hydrogen) atoms. The number of carbonyl (C=O) groups excluding carboxylic acids is 2. The average molecular weight is 554 g/mol. The van der Waals surface area contributed by atoms with Crippen LogP contribution in [0.25, 0.3) is 0 Å². The van der Waals surface area contributed by atoms with Gasteiger partial charge in [0, 0.05) is 0 Å². The van der Waals surface area contributed by atoms with Gasteiger partial charge in [-0.25, -0.2) is 9.59 Å². The molecule has 0 aliphatic carbocycles. The second kappa shape index (κ2) is 10.3. The molecule has 0 aliphatic heterocycles. The first-order valence-electron chi connectivity index (χ1n) is 9.06. The van der Waals surface area contributed by atoms with E-state index in [1.807, 2.05) is 27.7 Å². The van der Waals surface area contributed by atoms with Crippen LogP contribution in [0.4, 0.5) is 0 Å². The number of rotatable bonds is 7. The predicted molar refractivity (Wildman–Crippen MR) is 113 cm³/mol. The van der Waals surface area contributed by atoms with Gasteiger partial charge in [0.25, 0.3) is 10.1 Å². The van der Waals surface area contributed by atoms with Gasteiger partial charge in [0.1, 0.15) is 11.2 Å². The van der Waals surface area contributed by atoms with Crippen molar-refractivity contribution in [1.82, 2.24) is 0 Å². The Hall–Kier alpha value is -0.359. The molecule has 162 valence electrons. The van der Waals surface area contributed by atoms with E-state index >= 15 is 0 Å². The first kappa shape index (κ1) is 28.6. The fraction of sp³-hybridized carbons (Fsp3) is 0.600. The Morgan fingerprint density at radius 2 is 1.17 bits per heavy atom. The van der Waals surface area contributed by atoms with Crippen molar-refractivity contribution < 1.29 is 34.9 Å². The second-order valence-electron chi connectivity index (χ2n) is 8.52. The monoisotopic (exact) mass is 554 g/mol. The van der Waals surface area contributed by atoms with Gasteiger partial charge in [0.2, 0.25) is 0 Å². The van der Waals surface area contributed by atoms with E-state index in [9.17, 15) is 22.6 Å². The Bertz CT molecular complexity index is 814. The zero-order valence-electron chi connectivity index (χ0n) is 20.4. The van der Waals surface area contributed by atoms with Crippen LogP contribution in [0.3, 0.4) is 0 Å². The second-order valence-corrected chi connectivity index (χ2v) is 9.94. The van der Waals surface area contributed by atoms with E-state index in [1.165, 1.54) is 6.07 Å². The summed E-state index contributed by atoms with van der Waals surface area (Å²) in [5, 5.41) is 0. The maximum atomic E-state index is 12.6. The van der Waals surface area contributed by atoms with Gasteiger partial charge in [0.05, 0.1) is 16.0 Å². The quantitative estimate of drug-likeness (QED) is 0.309. The first-order chi connectivity index (χ1) is 12.5. The third kappa shape index (κ3) is 8.01. The molecule has 0 aromatic heterocycles. The maximum absolute atomic E-state index is 12.6. The molecule has 0 atom stereocenters. The molecule has 1 aromatic rings. The van der Waals surface area contributed by atoms with Crippen molar-refractivity contribution in [1.29, 1.82) is 0 Å². The smallest absolute Gasteiger partial charge is 1.00 e. The topological polar surface area (TPSA) is 107 Å².